The van der Waals surface area contributed by atoms with Gasteiger partial charge in [-0.1, -0.05) is 33.6 Å². The predicted octanol–water partition coefficient (Wildman–Crippen LogP) is 7.01. The highest BCUT2D eigenvalue weighted by molar-refractivity contribution is 5.66. The molecule has 0 aromatic rings. The first-order valence-electron chi connectivity index (χ1n) is 13.6. The quantitative estimate of drug-likeness (QED) is 0.418. The summed E-state index contributed by atoms with van der Waals surface area (Å²) < 4.78 is 26.6. The highest BCUT2D eigenvalue weighted by atomic mass is 19.1. The number of carboxylic acids is 1. The number of rotatable bonds is 8. The third kappa shape index (κ3) is 4.50. The summed E-state index contributed by atoms with van der Waals surface area (Å²) in [5, 5.41) is 9.49. The van der Waals surface area contributed by atoms with Gasteiger partial charge in [0.2, 0.25) is 0 Å². The SMILES string of the molecule is C[C@H](CCCC(C)(C)F)[C@H]1CC[C@H]2[C@@H]3CCC4(OCCO4)[C@](C)(CCC(=O)O)[C@H]3CC[C@]12C. The van der Waals surface area contributed by atoms with Gasteiger partial charge in [0.15, 0.2) is 5.79 Å². The van der Waals surface area contributed by atoms with Crippen LogP contribution in [0.1, 0.15) is 105 Å². The first-order chi connectivity index (χ1) is 15.4. The Bertz CT molecular complexity index is 711. The largest absolute Gasteiger partial charge is 0.481 e. The molecule has 33 heavy (non-hydrogen) atoms. The molecule has 1 aliphatic heterocycles. The van der Waals surface area contributed by atoms with Crippen molar-refractivity contribution < 1.29 is 23.8 Å². The summed E-state index contributed by atoms with van der Waals surface area (Å²) in [5.41, 5.74) is -0.966. The average Bonchev–Trinajstić information content (AvgIpc) is 3.34. The number of hydrogen-bond acceptors (Lipinski definition) is 3. The zero-order valence-corrected chi connectivity index (χ0v) is 21.6. The van der Waals surface area contributed by atoms with Crippen LogP contribution in [0.25, 0.3) is 0 Å². The molecule has 190 valence electrons. The van der Waals surface area contributed by atoms with Gasteiger partial charge in [0.25, 0.3) is 0 Å². The Hall–Kier alpha value is -0.680. The van der Waals surface area contributed by atoms with E-state index in [-0.39, 0.29) is 11.8 Å². The fourth-order valence-corrected chi connectivity index (χ4v) is 9.10. The molecule has 0 aromatic heterocycles. The van der Waals surface area contributed by atoms with Gasteiger partial charge in [-0.25, -0.2) is 4.39 Å². The lowest BCUT2D eigenvalue weighted by Gasteiger charge is -2.61. The monoisotopic (exact) mass is 466 g/mol. The molecule has 4 rings (SSSR count). The Labute approximate surface area is 200 Å². The second kappa shape index (κ2) is 9.08. The van der Waals surface area contributed by atoms with Crippen LogP contribution in [0, 0.1) is 40.4 Å². The number of hydrogen-bond donors (Lipinski definition) is 1. The summed E-state index contributed by atoms with van der Waals surface area (Å²) in [6.45, 7) is 11.9. The molecular weight excluding hydrogens is 419 g/mol. The molecule has 3 saturated carbocycles. The van der Waals surface area contributed by atoms with E-state index in [0.29, 0.717) is 61.1 Å². The maximum Gasteiger partial charge on any atom is 0.303 e. The Morgan fingerprint density at radius 2 is 1.79 bits per heavy atom. The Morgan fingerprint density at radius 3 is 2.42 bits per heavy atom. The lowest BCUT2D eigenvalue weighted by molar-refractivity contribution is -0.292. The number of halogens is 1. The van der Waals surface area contributed by atoms with Gasteiger partial charge in [-0.05, 0) is 93.8 Å². The molecule has 4 nitrogen and oxygen atoms in total. The zero-order valence-electron chi connectivity index (χ0n) is 21.6. The van der Waals surface area contributed by atoms with E-state index in [1.807, 2.05) is 0 Å². The van der Waals surface area contributed by atoms with Crippen LogP contribution in [0.3, 0.4) is 0 Å². The molecule has 0 aromatic carbocycles. The Morgan fingerprint density at radius 1 is 1.09 bits per heavy atom. The van der Waals surface area contributed by atoms with Crippen LogP contribution in [0.2, 0.25) is 0 Å². The van der Waals surface area contributed by atoms with Crippen molar-refractivity contribution >= 4 is 5.97 Å². The Kier molecular flexibility index (Phi) is 6.99. The van der Waals surface area contributed by atoms with Crippen LogP contribution in [0.5, 0.6) is 0 Å². The summed E-state index contributed by atoms with van der Waals surface area (Å²) >= 11 is 0. The van der Waals surface area contributed by atoms with Crippen LogP contribution < -0.4 is 0 Å². The molecule has 0 bridgehead atoms. The summed E-state index contributed by atoms with van der Waals surface area (Å²) in [6.07, 6.45) is 10.5. The van der Waals surface area contributed by atoms with Crippen LogP contribution in [0.4, 0.5) is 4.39 Å². The van der Waals surface area contributed by atoms with Crippen molar-refractivity contribution in [2.75, 3.05) is 13.2 Å². The standard InChI is InChI=1S/C28H47FO4/c1-19(7-6-13-25(2,3)29)21-8-9-22-20-10-16-28(32-17-18-33-28)27(5,15-12-24(30)31)23(20)11-14-26(21,22)4/h19-23H,6-18H2,1-5H3,(H,30,31)/t19-,20+,21-,22+,23+,26-,27-/m1/s1. The zero-order chi connectivity index (χ0) is 24.1. The molecule has 1 saturated heterocycles. The van der Waals surface area contributed by atoms with Crippen molar-refractivity contribution in [2.24, 2.45) is 40.4 Å². The molecular formula is C28H47FO4. The van der Waals surface area contributed by atoms with E-state index in [2.05, 4.69) is 20.8 Å². The molecule has 3 aliphatic carbocycles. The summed E-state index contributed by atoms with van der Waals surface area (Å²) in [4.78, 5) is 11.5. The molecule has 1 heterocycles. The van der Waals surface area contributed by atoms with E-state index in [0.717, 1.165) is 32.1 Å². The summed E-state index contributed by atoms with van der Waals surface area (Å²) in [5.74, 6) is 1.82. The highest BCUT2D eigenvalue weighted by Crippen LogP contribution is 2.69. The van der Waals surface area contributed by atoms with Gasteiger partial charge in [0, 0.05) is 18.3 Å². The number of fused-ring (bicyclic) bond motifs is 3. The van der Waals surface area contributed by atoms with Crippen LogP contribution in [0.15, 0.2) is 0 Å². The van der Waals surface area contributed by atoms with Crippen LogP contribution in [-0.4, -0.2) is 35.7 Å². The Balaban J connectivity index is 1.51. The van der Waals surface area contributed by atoms with Crippen molar-refractivity contribution in [3.05, 3.63) is 0 Å². The second-order valence-electron chi connectivity index (χ2n) is 13.0. The van der Waals surface area contributed by atoms with Gasteiger partial charge < -0.3 is 14.6 Å². The van der Waals surface area contributed by atoms with Gasteiger partial charge in [-0.2, -0.15) is 0 Å². The van der Waals surface area contributed by atoms with Gasteiger partial charge in [0.05, 0.1) is 13.2 Å². The fraction of sp³-hybridized carbons (Fsp3) is 0.964. The van der Waals surface area contributed by atoms with E-state index in [4.69, 9.17) is 9.47 Å². The minimum Gasteiger partial charge on any atom is -0.481 e. The summed E-state index contributed by atoms with van der Waals surface area (Å²) in [7, 11) is 0. The van der Waals surface area contributed by atoms with E-state index in [1.54, 1.807) is 13.8 Å². The second-order valence-corrected chi connectivity index (χ2v) is 13.0. The molecule has 0 amide bonds. The molecule has 5 heteroatoms. The molecule has 0 radical (unpaired) electrons. The highest BCUT2D eigenvalue weighted by Gasteiger charge is 2.65. The smallest absolute Gasteiger partial charge is 0.303 e. The molecule has 4 fully saturated rings. The fourth-order valence-electron chi connectivity index (χ4n) is 9.10. The number of carboxylic acid groups (broad SMARTS) is 1. The van der Waals surface area contributed by atoms with Crippen molar-refractivity contribution in [1.29, 1.82) is 0 Å². The molecule has 1 N–H and O–H groups in total. The maximum atomic E-state index is 14.0. The van der Waals surface area contributed by atoms with Gasteiger partial charge in [0.1, 0.15) is 5.67 Å². The first-order valence-corrected chi connectivity index (χ1v) is 13.6. The minimum absolute atomic E-state index is 0.181. The van der Waals surface area contributed by atoms with E-state index < -0.39 is 17.4 Å². The number of ether oxygens (including phenoxy) is 2. The molecule has 1 spiro atoms. The maximum absolute atomic E-state index is 14.0. The lowest BCUT2D eigenvalue weighted by atomic mass is 9.46. The molecule has 7 atom stereocenters. The number of aliphatic carboxylic acids is 1. The number of carbonyl (C=O) groups is 1. The van der Waals surface area contributed by atoms with Crippen LogP contribution in [-0.2, 0) is 14.3 Å². The van der Waals surface area contributed by atoms with Crippen molar-refractivity contribution in [3.8, 4) is 0 Å². The van der Waals surface area contributed by atoms with Crippen molar-refractivity contribution in [1.82, 2.24) is 0 Å². The van der Waals surface area contributed by atoms with E-state index >= 15 is 0 Å². The molecule has 0 unspecified atom stereocenters. The summed E-state index contributed by atoms with van der Waals surface area (Å²) in [6, 6.07) is 0. The van der Waals surface area contributed by atoms with Crippen molar-refractivity contribution in [2.45, 2.75) is 117 Å². The topological polar surface area (TPSA) is 55.8 Å². The minimum atomic E-state index is -1.07. The number of alkyl halides is 1. The van der Waals surface area contributed by atoms with Crippen LogP contribution >= 0.6 is 0 Å². The predicted molar refractivity (Wildman–Crippen MR) is 128 cm³/mol. The third-order valence-electron chi connectivity index (χ3n) is 10.7. The molecule has 4 aliphatic rings. The van der Waals surface area contributed by atoms with Gasteiger partial charge in [-0.15, -0.1) is 0 Å². The first kappa shape index (κ1) is 25.4. The lowest BCUT2D eigenvalue weighted by Crippen LogP contribution is -2.60. The third-order valence-corrected chi connectivity index (χ3v) is 10.7. The normalized spacial score (nSPS) is 41.0. The van der Waals surface area contributed by atoms with E-state index in [1.165, 1.54) is 19.3 Å². The van der Waals surface area contributed by atoms with Gasteiger partial charge in [-0.3, -0.25) is 4.79 Å². The van der Waals surface area contributed by atoms with Gasteiger partial charge >= 0.3 is 5.97 Å². The van der Waals surface area contributed by atoms with E-state index in [9.17, 15) is 14.3 Å². The average molecular weight is 467 g/mol. The van der Waals surface area contributed by atoms with Crippen molar-refractivity contribution in [3.63, 3.8) is 0 Å².